The van der Waals surface area contributed by atoms with Crippen LogP contribution in [0, 0.1) is 57.7 Å². The highest BCUT2D eigenvalue weighted by molar-refractivity contribution is 5.96. The van der Waals surface area contributed by atoms with Gasteiger partial charge < -0.3 is 65.5 Å². The number of carboxylic acids is 5. The molecule has 3 fully saturated rings. The van der Waals surface area contributed by atoms with Crippen LogP contribution in [0.25, 0.3) is 0 Å². The Balaban J connectivity index is 0.000000552. The molecule has 0 aromatic carbocycles. The Kier molecular flexibility index (Phi) is 27.0. The molecule has 3 saturated carbocycles. The van der Waals surface area contributed by atoms with Gasteiger partial charge in [0.1, 0.15) is 32.0 Å². The zero-order chi connectivity index (χ0) is 56.2. The molecule has 0 heterocycles. The third-order valence-corrected chi connectivity index (χ3v) is 14.5. The Hall–Kier alpha value is -5.42. The van der Waals surface area contributed by atoms with Crippen molar-refractivity contribution < 1.29 is 97.9 Å². The third kappa shape index (κ3) is 20.4. The van der Waals surface area contributed by atoms with Gasteiger partial charge in [-0.15, -0.1) is 0 Å². The van der Waals surface area contributed by atoms with Crippen LogP contribution in [-0.2, 0) is 62.2 Å². The molecule has 0 bridgehead atoms. The van der Waals surface area contributed by atoms with Gasteiger partial charge >= 0.3 is 47.8 Å². The molecular weight excluding hydrogens is 963 g/mol. The fourth-order valence-corrected chi connectivity index (χ4v) is 8.20. The van der Waals surface area contributed by atoms with Gasteiger partial charge in [0.05, 0.1) is 52.3 Å². The number of nitrogens with zero attached hydrogens (tertiary/aromatic N) is 1. The lowest BCUT2D eigenvalue weighted by Crippen LogP contribution is -2.60. The number of likely N-dealkylation sites (N-methyl/N-ethyl adjacent to an activating group) is 1. The number of rotatable bonds is 25. The Labute approximate surface area is 427 Å². The Bertz CT molecular complexity index is 1870. The lowest BCUT2D eigenvalue weighted by atomic mass is 9.56. The standard InChI is InChI=1S/C17H30N2O4.C17H24O11.C16H29NO5/c1-5-17(2,3)16(23)19(4)11-10-18-14(20)12-8-6-7-9-13(12)15(21)22;1-4-17(2,3)16(26)28-6-7(18)5-27-15(25)11-9(13(21)22)8(12(19)20)10(11)14(23)24;1-4-16(2,3)15(21)22-10-13(18)9-17-12-7-5-11(6-8-12)14(19)20/h12-13H,5-11H2,1-4H3,(H,18,20)(H,21,22);7-11,18H,4-6H2,1-3H3,(H,19,20)(H,21,22)(H,23,24);11-13,17-18H,4-10H2,1-3H3,(H,19,20). The zero-order valence-electron chi connectivity index (χ0n) is 44.2. The van der Waals surface area contributed by atoms with E-state index >= 15 is 0 Å². The molecule has 23 heteroatoms. The van der Waals surface area contributed by atoms with Gasteiger partial charge in [-0.2, -0.15) is 0 Å². The highest BCUT2D eigenvalue weighted by atomic mass is 16.6. The number of hydrogen-bond acceptors (Lipinski definition) is 16. The molecule has 23 nitrogen and oxygen atoms in total. The summed E-state index contributed by atoms with van der Waals surface area (Å²) in [6.07, 6.45) is 5.67. The Morgan fingerprint density at radius 2 is 0.973 bits per heavy atom. The summed E-state index contributed by atoms with van der Waals surface area (Å²) in [6.45, 7) is 16.4. The predicted octanol–water partition coefficient (Wildman–Crippen LogP) is 3.05. The van der Waals surface area contributed by atoms with Gasteiger partial charge in [-0.1, -0.05) is 47.5 Å². The highest BCUT2D eigenvalue weighted by Gasteiger charge is 2.64. The van der Waals surface area contributed by atoms with Crippen LogP contribution >= 0.6 is 0 Å². The van der Waals surface area contributed by atoms with Crippen molar-refractivity contribution in [1.29, 1.82) is 0 Å². The number of aliphatic hydroxyl groups is 2. The van der Waals surface area contributed by atoms with Crippen LogP contribution in [-0.4, -0.2) is 165 Å². The third-order valence-electron chi connectivity index (χ3n) is 14.5. The maximum Gasteiger partial charge on any atom is 0.311 e. The molecule has 6 unspecified atom stereocenters. The van der Waals surface area contributed by atoms with Crippen molar-refractivity contribution >= 4 is 59.6 Å². The Morgan fingerprint density at radius 1 is 0.548 bits per heavy atom. The van der Waals surface area contributed by atoms with E-state index < -0.39 is 119 Å². The van der Waals surface area contributed by atoms with Gasteiger partial charge in [-0.3, -0.25) is 47.9 Å². The topological polar surface area (TPSA) is 367 Å². The average Bonchev–Trinajstić information content (AvgIpc) is 3.32. The summed E-state index contributed by atoms with van der Waals surface area (Å²) in [5.41, 5.74) is -1.70. The monoisotopic (exact) mass is 1050 g/mol. The van der Waals surface area contributed by atoms with Crippen molar-refractivity contribution in [2.24, 2.45) is 57.7 Å². The van der Waals surface area contributed by atoms with Crippen molar-refractivity contribution in [2.75, 3.05) is 46.5 Å². The van der Waals surface area contributed by atoms with Crippen LogP contribution in [0.3, 0.4) is 0 Å². The van der Waals surface area contributed by atoms with Gasteiger partial charge in [-0.05, 0) is 85.5 Å². The minimum Gasteiger partial charge on any atom is -0.481 e. The fraction of sp³-hybridized carbons (Fsp3) is 0.800. The summed E-state index contributed by atoms with van der Waals surface area (Å²) >= 11 is 0. The number of carboxylic acid groups (broad SMARTS) is 5. The molecule has 73 heavy (non-hydrogen) atoms. The summed E-state index contributed by atoms with van der Waals surface area (Å²) in [7, 11) is 1.73. The van der Waals surface area contributed by atoms with Crippen molar-refractivity contribution in [3.63, 3.8) is 0 Å². The van der Waals surface area contributed by atoms with Crippen molar-refractivity contribution in [3.05, 3.63) is 0 Å². The predicted molar refractivity (Wildman–Crippen MR) is 259 cm³/mol. The molecule has 0 aromatic heterocycles. The molecule has 9 N–H and O–H groups in total. The van der Waals surface area contributed by atoms with Gasteiger partial charge in [0, 0.05) is 38.1 Å². The van der Waals surface area contributed by atoms with E-state index in [0.29, 0.717) is 58.2 Å². The molecule has 0 aromatic rings. The van der Waals surface area contributed by atoms with Gasteiger partial charge in [-0.25, -0.2) is 0 Å². The second-order valence-corrected chi connectivity index (χ2v) is 21.1. The molecule has 0 saturated heterocycles. The largest absolute Gasteiger partial charge is 0.481 e. The van der Waals surface area contributed by atoms with Crippen molar-refractivity contribution in [2.45, 2.75) is 151 Å². The molecule has 0 radical (unpaired) electrons. The fourth-order valence-electron chi connectivity index (χ4n) is 8.20. The van der Waals surface area contributed by atoms with Gasteiger partial charge in [0.15, 0.2) is 0 Å². The van der Waals surface area contributed by atoms with Crippen molar-refractivity contribution in [1.82, 2.24) is 15.5 Å². The number of aliphatic carboxylic acids is 5. The quantitative estimate of drug-likeness (QED) is 0.0468. The van der Waals surface area contributed by atoms with Crippen molar-refractivity contribution in [3.8, 4) is 0 Å². The summed E-state index contributed by atoms with van der Waals surface area (Å²) in [6, 6.07) is 0.230. The van der Waals surface area contributed by atoms with E-state index in [1.54, 1.807) is 32.7 Å². The van der Waals surface area contributed by atoms with Crippen LogP contribution < -0.4 is 10.6 Å². The number of ether oxygens (including phenoxy) is 3. The molecule has 3 rings (SSSR count). The molecule has 0 aliphatic heterocycles. The van der Waals surface area contributed by atoms with Crippen LogP contribution in [0.1, 0.15) is 133 Å². The summed E-state index contributed by atoms with van der Waals surface area (Å²) in [5, 5.41) is 71.1. The van der Waals surface area contributed by atoms with Crippen LogP contribution in [0.5, 0.6) is 0 Å². The first-order valence-corrected chi connectivity index (χ1v) is 25.1. The smallest absolute Gasteiger partial charge is 0.311 e. The molecule has 6 atom stereocenters. The van der Waals surface area contributed by atoms with Crippen LogP contribution in [0.2, 0.25) is 0 Å². The molecular formula is C50H83N3O20. The summed E-state index contributed by atoms with van der Waals surface area (Å²) < 4.78 is 14.8. The number of amides is 2. The van der Waals surface area contributed by atoms with E-state index in [1.807, 2.05) is 41.5 Å². The maximum atomic E-state index is 12.3. The highest BCUT2D eigenvalue weighted by Crippen LogP contribution is 2.47. The average molecular weight is 1050 g/mol. The lowest BCUT2D eigenvalue weighted by Gasteiger charge is -2.43. The lowest BCUT2D eigenvalue weighted by molar-refractivity contribution is -0.195. The van der Waals surface area contributed by atoms with E-state index in [-0.39, 0.29) is 36.4 Å². The second-order valence-electron chi connectivity index (χ2n) is 21.1. The van der Waals surface area contributed by atoms with Crippen LogP contribution in [0.4, 0.5) is 0 Å². The first-order chi connectivity index (χ1) is 33.8. The molecule has 418 valence electrons. The summed E-state index contributed by atoms with van der Waals surface area (Å²) in [5.74, 6) is -17.0. The second kappa shape index (κ2) is 30.1. The van der Waals surface area contributed by atoms with Gasteiger partial charge in [0.25, 0.3) is 0 Å². The molecule has 2 amide bonds. The normalized spacial score (nSPS) is 23.6. The van der Waals surface area contributed by atoms with E-state index in [9.17, 15) is 63.3 Å². The number of carbonyl (C=O) groups is 10. The minimum absolute atomic E-state index is 0.0142. The maximum absolute atomic E-state index is 12.3. The zero-order valence-corrected chi connectivity index (χ0v) is 44.2. The van der Waals surface area contributed by atoms with Gasteiger partial charge in [0.2, 0.25) is 11.8 Å². The number of aliphatic hydroxyl groups excluding tert-OH is 2. The van der Waals surface area contributed by atoms with E-state index in [2.05, 4.69) is 10.6 Å². The van der Waals surface area contributed by atoms with E-state index in [0.717, 1.165) is 32.1 Å². The Morgan fingerprint density at radius 3 is 1.40 bits per heavy atom. The number of carbonyl (C=O) groups excluding carboxylic acids is 5. The first kappa shape index (κ1) is 65.6. The SMILES string of the molecule is CCC(C)(C)C(=O)N(C)CCNC(=O)C1CCCCC1C(=O)O.CCC(C)(C)C(=O)OCC(O)CNC1CCC(C(=O)O)CC1.CCC(C)(C)C(=O)OCC(O)COC(=O)C1C(C(=O)O)C(C(=O)O)C1C(=O)O. The molecule has 3 aliphatic rings. The minimum atomic E-state index is -1.77. The van der Waals surface area contributed by atoms with E-state index in [4.69, 9.17) is 34.6 Å². The molecule has 3 aliphatic carbocycles. The van der Waals surface area contributed by atoms with Crippen LogP contribution in [0.15, 0.2) is 0 Å². The number of hydrogen-bond donors (Lipinski definition) is 9. The first-order valence-electron chi connectivity index (χ1n) is 25.1. The molecule has 0 spiro atoms. The number of nitrogens with one attached hydrogen (secondary N) is 2. The number of esters is 3. The summed E-state index contributed by atoms with van der Waals surface area (Å²) in [4.78, 5) is 118. The van der Waals surface area contributed by atoms with E-state index in [1.165, 1.54) is 0 Å².